The van der Waals surface area contributed by atoms with Crippen LogP contribution in [0.2, 0.25) is 0 Å². The molecule has 6 nitrogen and oxygen atoms in total. The Labute approximate surface area is 166 Å². The van der Waals surface area contributed by atoms with E-state index >= 15 is 0 Å². The number of aromatic nitrogens is 2. The number of hydrogen-bond donors (Lipinski definition) is 1. The molecule has 1 N–H and O–H groups in total. The van der Waals surface area contributed by atoms with Crippen molar-refractivity contribution >= 4 is 17.4 Å². The Morgan fingerprint density at radius 2 is 2.10 bits per heavy atom. The first kappa shape index (κ1) is 19.4. The molecule has 1 aliphatic heterocycles. The Morgan fingerprint density at radius 1 is 1.31 bits per heavy atom. The first-order valence-corrected chi connectivity index (χ1v) is 9.42. The predicted molar refractivity (Wildman–Crippen MR) is 95.4 cm³/mol. The normalized spacial score (nSPS) is 14.0. The second-order valence-corrected chi connectivity index (χ2v) is 7.54. The number of nitrogens with zero attached hydrogens (tertiary/aromatic N) is 3. The van der Waals surface area contributed by atoms with E-state index < -0.39 is 17.9 Å². The van der Waals surface area contributed by atoms with Gasteiger partial charge in [-0.15, -0.1) is 11.3 Å². The van der Waals surface area contributed by atoms with Crippen LogP contribution >= 0.6 is 11.3 Å². The fourth-order valence-corrected chi connectivity index (χ4v) is 4.07. The fourth-order valence-electron chi connectivity index (χ4n) is 2.98. The smallest absolute Gasteiger partial charge is 0.334 e. The zero-order valence-electron chi connectivity index (χ0n) is 14.8. The number of halogens is 4. The van der Waals surface area contributed by atoms with Gasteiger partial charge in [-0.25, -0.2) is 9.18 Å². The molecule has 0 atom stereocenters. The second kappa shape index (κ2) is 7.47. The largest absolute Gasteiger partial charge is 0.471 e. The van der Waals surface area contributed by atoms with Crippen LogP contribution in [-0.2, 0) is 25.7 Å². The lowest BCUT2D eigenvalue weighted by Gasteiger charge is -2.27. The maximum absolute atomic E-state index is 13.7. The summed E-state index contributed by atoms with van der Waals surface area (Å²) < 4.78 is 55.8. The third kappa shape index (κ3) is 4.09. The monoisotopic (exact) mass is 426 g/mol. The summed E-state index contributed by atoms with van der Waals surface area (Å²) in [5.74, 6) is -1.92. The zero-order chi connectivity index (χ0) is 20.6. The van der Waals surface area contributed by atoms with E-state index in [-0.39, 0.29) is 18.4 Å². The summed E-state index contributed by atoms with van der Waals surface area (Å²) in [4.78, 5) is 18.8. The van der Waals surface area contributed by atoms with Crippen molar-refractivity contribution < 1.29 is 26.9 Å². The van der Waals surface area contributed by atoms with Gasteiger partial charge >= 0.3 is 18.1 Å². The Kier molecular flexibility index (Phi) is 4.99. The van der Waals surface area contributed by atoms with E-state index in [2.05, 4.69) is 20.0 Å². The van der Waals surface area contributed by atoms with E-state index in [0.717, 1.165) is 10.4 Å². The summed E-state index contributed by atoms with van der Waals surface area (Å²) in [6.07, 6.45) is -4.15. The van der Waals surface area contributed by atoms with Gasteiger partial charge in [-0.3, -0.25) is 0 Å². The lowest BCUT2D eigenvalue weighted by Crippen LogP contribution is -2.42. The number of carbonyl (C=O) groups excluding carboxylic acids is 1. The molecule has 2 amide bonds. The average Bonchev–Trinajstić information content (AvgIpc) is 3.33. The first-order valence-electron chi connectivity index (χ1n) is 8.60. The Morgan fingerprint density at radius 3 is 2.83 bits per heavy atom. The maximum Gasteiger partial charge on any atom is 0.471 e. The molecule has 29 heavy (non-hydrogen) atoms. The zero-order valence-corrected chi connectivity index (χ0v) is 15.6. The SMILES string of the molecule is O=C(NCc1ccccc1F)N1CCc2sc(-c3noc(C(F)(F)F)n3)cc2C1. The molecule has 0 fully saturated rings. The number of urea groups is 1. The van der Waals surface area contributed by atoms with Crippen molar-refractivity contribution in [2.75, 3.05) is 6.54 Å². The summed E-state index contributed by atoms with van der Waals surface area (Å²) in [6, 6.07) is 7.50. The van der Waals surface area contributed by atoms with Crippen LogP contribution in [0.3, 0.4) is 0 Å². The molecule has 3 aromatic rings. The van der Waals surface area contributed by atoms with Crippen molar-refractivity contribution in [2.24, 2.45) is 0 Å². The molecule has 0 unspecified atom stereocenters. The van der Waals surface area contributed by atoms with Gasteiger partial charge in [-0.2, -0.15) is 18.2 Å². The minimum atomic E-state index is -4.70. The van der Waals surface area contributed by atoms with Crippen molar-refractivity contribution in [3.8, 4) is 10.7 Å². The summed E-state index contributed by atoms with van der Waals surface area (Å²) in [5.41, 5.74) is 1.20. The molecule has 1 aliphatic rings. The van der Waals surface area contributed by atoms with Gasteiger partial charge in [0.15, 0.2) is 0 Å². The molecule has 4 rings (SSSR count). The molecule has 0 saturated carbocycles. The molecule has 3 heterocycles. The van der Waals surface area contributed by atoms with E-state index in [1.54, 1.807) is 29.2 Å². The first-order chi connectivity index (χ1) is 13.8. The highest BCUT2D eigenvalue weighted by Gasteiger charge is 2.38. The lowest BCUT2D eigenvalue weighted by atomic mass is 10.1. The van der Waals surface area contributed by atoms with E-state index in [0.29, 0.717) is 30.0 Å². The van der Waals surface area contributed by atoms with Crippen molar-refractivity contribution in [1.82, 2.24) is 20.4 Å². The van der Waals surface area contributed by atoms with Crippen LogP contribution in [0.25, 0.3) is 10.7 Å². The summed E-state index contributed by atoms with van der Waals surface area (Å²) >= 11 is 1.28. The fraction of sp³-hybridized carbons (Fsp3) is 0.278. The van der Waals surface area contributed by atoms with Crippen LogP contribution in [0.15, 0.2) is 34.9 Å². The van der Waals surface area contributed by atoms with Gasteiger partial charge in [-0.05, 0) is 24.1 Å². The van der Waals surface area contributed by atoms with Gasteiger partial charge in [0.25, 0.3) is 0 Å². The van der Waals surface area contributed by atoms with E-state index in [4.69, 9.17) is 0 Å². The predicted octanol–water partition coefficient (Wildman–Crippen LogP) is 4.22. The van der Waals surface area contributed by atoms with Gasteiger partial charge in [0, 0.05) is 30.1 Å². The maximum atomic E-state index is 13.7. The summed E-state index contributed by atoms with van der Waals surface area (Å²) in [5, 5.41) is 6.08. The molecule has 1 aromatic carbocycles. The highest BCUT2D eigenvalue weighted by atomic mass is 32.1. The number of thiophene rings is 1. The van der Waals surface area contributed by atoms with Crippen molar-refractivity contribution in [2.45, 2.75) is 25.7 Å². The molecule has 0 aliphatic carbocycles. The quantitative estimate of drug-likeness (QED) is 0.637. The number of alkyl halides is 3. The Hall–Kier alpha value is -2.95. The second-order valence-electron chi connectivity index (χ2n) is 6.40. The molecular weight excluding hydrogens is 412 g/mol. The number of carbonyl (C=O) groups is 1. The number of hydrogen-bond acceptors (Lipinski definition) is 5. The minimum absolute atomic E-state index is 0.0623. The molecule has 152 valence electrons. The van der Waals surface area contributed by atoms with Crippen LogP contribution in [0.4, 0.5) is 22.4 Å². The summed E-state index contributed by atoms with van der Waals surface area (Å²) in [6.45, 7) is 0.794. The topological polar surface area (TPSA) is 71.3 Å². The summed E-state index contributed by atoms with van der Waals surface area (Å²) in [7, 11) is 0. The van der Waals surface area contributed by atoms with Gasteiger partial charge in [-0.1, -0.05) is 23.4 Å². The van der Waals surface area contributed by atoms with Crippen LogP contribution in [0.1, 0.15) is 21.9 Å². The Bertz CT molecular complexity index is 1050. The standard InChI is InChI=1S/C18H14F4N4O2S/c19-12-4-2-1-3-10(12)8-23-17(27)26-6-5-13-11(9-26)7-14(29-13)15-24-16(28-25-15)18(20,21)22/h1-4,7H,5-6,8-9H2,(H,23,27). The van der Waals surface area contributed by atoms with Crippen LogP contribution in [-0.4, -0.2) is 27.6 Å². The number of benzene rings is 1. The van der Waals surface area contributed by atoms with Crippen LogP contribution < -0.4 is 5.32 Å². The molecule has 0 bridgehead atoms. The van der Waals surface area contributed by atoms with E-state index in [1.165, 1.54) is 17.4 Å². The van der Waals surface area contributed by atoms with Crippen LogP contribution in [0, 0.1) is 5.82 Å². The number of rotatable bonds is 3. The molecule has 0 radical (unpaired) electrons. The van der Waals surface area contributed by atoms with Gasteiger partial charge in [0.1, 0.15) is 5.82 Å². The lowest BCUT2D eigenvalue weighted by molar-refractivity contribution is -0.159. The highest BCUT2D eigenvalue weighted by molar-refractivity contribution is 7.15. The molecule has 2 aromatic heterocycles. The number of nitrogens with one attached hydrogen (secondary N) is 1. The molecule has 11 heteroatoms. The van der Waals surface area contributed by atoms with E-state index in [1.807, 2.05) is 0 Å². The van der Waals surface area contributed by atoms with Crippen LogP contribution in [0.5, 0.6) is 0 Å². The van der Waals surface area contributed by atoms with Crippen molar-refractivity contribution in [1.29, 1.82) is 0 Å². The van der Waals surface area contributed by atoms with Crippen molar-refractivity contribution in [3.05, 3.63) is 58.0 Å². The number of fused-ring (bicyclic) bond motifs is 1. The van der Waals surface area contributed by atoms with Gasteiger partial charge < -0.3 is 14.7 Å². The van der Waals surface area contributed by atoms with Gasteiger partial charge in [0.2, 0.25) is 5.82 Å². The minimum Gasteiger partial charge on any atom is -0.334 e. The number of amides is 2. The highest BCUT2D eigenvalue weighted by Crippen LogP contribution is 2.35. The third-order valence-corrected chi connectivity index (χ3v) is 5.66. The Balaban J connectivity index is 1.43. The molecule has 0 saturated heterocycles. The third-order valence-electron chi connectivity index (χ3n) is 4.43. The van der Waals surface area contributed by atoms with E-state index in [9.17, 15) is 22.4 Å². The molecule has 0 spiro atoms. The van der Waals surface area contributed by atoms with Crippen molar-refractivity contribution in [3.63, 3.8) is 0 Å². The average molecular weight is 426 g/mol. The molecular formula is C18H14F4N4O2S. The van der Waals surface area contributed by atoms with Gasteiger partial charge in [0.05, 0.1) is 4.88 Å².